The predicted molar refractivity (Wildman–Crippen MR) is 84.8 cm³/mol. The van der Waals surface area contributed by atoms with Crippen molar-refractivity contribution in [3.8, 4) is 0 Å². The number of nitrogens with zero attached hydrogens (tertiary/aromatic N) is 1. The Morgan fingerprint density at radius 1 is 1.24 bits per heavy atom. The smallest absolute Gasteiger partial charge is 0.335 e. The normalized spacial score (nSPS) is 22.0. The number of aryl methyl sites for hydroxylation is 1. The highest BCUT2D eigenvalue weighted by molar-refractivity contribution is 5.88. The molecule has 0 atom stereocenters. The molecule has 1 aromatic rings. The van der Waals surface area contributed by atoms with Gasteiger partial charge in [0.25, 0.3) is 0 Å². The van der Waals surface area contributed by atoms with Crippen molar-refractivity contribution < 1.29 is 9.90 Å². The van der Waals surface area contributed by atoms with Gasteiger partial charge >= 0.3 is 5.97 Å². The van der Waals surface area contributed by atoms with Gasteiger partial charge in [0, 0.05) is 12.2 Å². The molecule has 4 heteroatoms. The minimum absolute atomic E-state index is 0.319. The van der Waals surface area contributed by atoms with Crippen molar-refractivity contribution in [2.45, 2.75) is 52.4 Å². The summed E-state index contributed by atoms with van der Waals surface area (Å²) in [6, 6.07) is 3.29. The molecule has 4 nitrogen and oxygen atoms in total. The molecule has 0 bridgehead atoms. The van der Waals surface area contributed by atoms with Crippen molar-refractivity contribution in [2.24, 2.45) is 11.8 Å². The van der Waals surface area contributed by atoms with E-state index < -0.39 is 5.97 Å². The van der Waals surface area contributed by atoms with E-state index in [1.54, 1.807) is 12.1 Å². The summed E-state index contributed by atoms with van der Waals surface area (Å²) in [4.78, 5) is 15.6. The van der Waals surface area contributed by atoms with Crippen LogP contribution in [-0.2, 0) is 6.42 Å². The number of hydrogen-bond donors (Lipinski definition) is 2. The van der Waals surface area contributed by atoms with Crippen LogP contribution in [0.25, 0.3) is 0 Å². The second-order valence-corrected chi connectivity index (χ2v) is 6.07. The van der Waals surface area contributed by atoms with E-state index in [0.717, 1.165) is 24.6 Å². The second-order valence-electron chi connectivity index (χ2n) is 6.07. The van der Waals surface area contributed by atoms with Gasteiger partial charge in [-0.25, -0.2) is 9.78 Å². The minimum atomic E-state index is -0.890. The molecule has 1 fully saturated rings. The maximum absolute atomic E-state index is 11.1. The number of carboxylic acid groups (broad SMARTS) is 1. The number of anilines is 1. The fourth-order valence-corrected chi connectivity index (χ4v) is 3.08. The zero-order valence-electron chi connectivity index (χ0n) is 13.1. The van der Waals surface area contributed by atoms with Crippen molar-refractivity contribution in [1.82, 2.24) is 4.98 Å². The van der Waals surface area contributed by atoms with Gasteiger partial charge in [0.05, 0.1) is 5.56 Å². The van der Waals surface area contributed by atoms with Crippen molar-refractivity contribution >= 4 is 11.8 Å². The van der Waals surface area contributed by atoms with Crippen LogP contribution >= 0.6 is 0 Å². The number of aromatic carboxylic acids is 1. The molecular formula is C17H26N2O2. The SMILES string of the molecule is CCc1cc(C(=O)O)cc(NCC2CCC(CC)CC2)n1. The summed E-state index contributed by atoms with van der Waals surface area (Å²) < 4.78 is 0. The molecule has 116 valence electrons. The van der Waals surface area contributed by atoms with E-state index in [1.807, 2.05) is 6.92 Å². The van der Waals surface area contributed by atoms with E-state index in [2.05, 4.69) is 17.2 Å². The predicted octanol–water partition coefficient (Wildman–Crippen LogP) is 3.97. The summed E-state index contributed by atoms with van der Waals surface area (Å²) in [7, 11) is 0. The average molecular weight is 290 g/mol. The largest absolute Gasteiger partial charge is 0.478 e. The number of carboxylic acids is 1. The highest BCUT2D eigenvalue weighted by Gasteiger charge is 2.20. The van der Waals surface area contributed by atoms with Gasteiger partial charge in [-0.15, -0.1) is 0 Å². The van der Waals surface area contributed by atoms with Crippen molar-refractivity contribution in [3.05, 3.63) is 23.4 Å². The van der Waals surface area contributed by atoms with Crippen LogP contribution in [0.4, 0.5) is 5.82 Å². The maximum atomic E-state index is 11.1. The number of rotatable bonds is 6. The third-order valence-electron chi connectivity index (χ3n) is 4.60. The third-order valence-corrected chi connectivity index (χ3v) is 4.60. The zero-order chi connectivity index (χ0) is 15.2. The molecule has 1 aromatic heterocycles. The lowest BCUT2D eigenvalue weighted by Gasteiger charge is -2.28. The lowest BCUT2D eigenvalue weighted by molar-refractivity contribution is 0.0696. The van der Waals surface area contributed by atoms with E-state index in [9.17, 15) is 4.79 Å². The van der Waals surface area contributed by atoms with Crippen LogP contribution in [0.3, 0.4) is 0 Å². The Labute approximate surface area is 127 Å². The number of nitrogens with one attached hydrogen (secondary N) is 1. The Morgan fingerprint density at radius 3 is 2.48 bits per heavy atom. The lowest BCUT2D eigenvalue weighted by atomic mass is 9.81. The van der Waals surface area contributed by atoms with Crippen molar-refractivity contribution in [1.29, 1.82) is 0 Å². The topological polar surface area (TPSA) is 62.2 Å². The fourth-order valence-electron chi connectivity index (χ4n) is 3.08. The Hall–Kier alpha value is -1.58. The van der Waals surface area contributed by atoms with Gasteiger partial charge in [0.2, 0.25) is 0 Å². The van der Waals surface area contributed by atoms with Crippen LogP contribution in [0.2, 0.25) is 0 Å². The Morgan fingerprint density at radius 2 is 1.90 bits per heavy atom. The molecule has 1 aliphatic rings. The van der Waals surface area contributed by atoms with Crippen LogP contribution in [0, 0.1) is 11.8 Å². The number of aromatic nitrogens is 1. The molecule has 1 heterocycles. The van der Waals surface area contributed by atoms with Gasteiger partial charge in [-0.2, -0.15) is 0 Å². The van der Waals surface area contributed by atoms with Crippen LogP contribution in [0.5, 0.6) is 0 Å². The summed E-state index contributed by atoms with van der Waals surface area (Å²) >= 11 is 0. The van der Waals surface area contributed by atoms with Crippen LogP contribution in [-0.4, -0.2) is 22.6 Å². The van der Waals surface area contributed by atoms with Crippen LogP contribution in [0.15, 0.2) is 12.1 Å². The number of hydrogen-bond acceptors (Lipinski definition) is 3. The fraction of sp³-hybridized carbons (Fsp3) is 0.647. The summed E-state index contributed by atoms with van der Waals surface area (Å²) in [5.74, 6) is 1.40. The number of pyridine rings is 1. The van der Waals surface area contributed by atoms with Crippen LogP contribution in [0.1, 0.15) is 62.0 Å². The molecule has 0 unspecified atom stereocenters. The third kappa shape index (κ3) is 4.45. The molecule has 0 saturated heterocycles. The highest BCUT2D eigenvalue weighted by atomic mass is 16.4. The Kier molecular flexibility index (Phi) is 5.59. The van der Waals surface area contributed by atoms with Gasteiger partial charge < -0.3 is 10.4 Å². The van der Waals surface area contributed by atoms with Gasteiger partial charge in [-0.1, -0.05) is 33.1 Å². The average Bonchev–Trinajstić information content (AvgIpc) is 2.53. The minimum Gasteiger partial charge on any atom is -0.478 e. The summed E-state index contributed by atoms with van der Waals surface area (Å²) in [6.07, 6.45) is 7.23. The maximum Gasteiger partial charge on any atom is 0.335 e. The molecule has 21 heavy (non-hydrogen) atoms. The summed E-state index contributed by atoms with van der Waals surface area (Å²) in [5, 5.41) is 12.5. The molecule has 0 radical (unpaired) electrons. The first kappa shape index (κ1) is 15.8. The molecule has 0 amide bonds. The van der Waals surface area contributed by atoms with Crippen LogP contribution < -0.4 is 5.32 Å². The molecule has 2 N–H and O–H groups in total. The van der Waals surface area contributed by atoms with Crippen molar-refractivity contribution in [2.75, 3.05) is 11.9 Å². The molecular weight excluding hydrogens is 264 g/mol. The first-order chi connectivity index (χ1) is 10.1. The Bertz CT molecular complexity index is 480. The van der Waals surface area contributed by atoms with E-state index in [1.165, 1.54) is 32.1 Å². The highest BCUT2D eigenvalue weighted by Crippen LogP contribution is 2.30. The first-order valence-corrected chi connectivity index (χ1v) is 8.10. The quantitative estimate of drug-likeness (QED) is 0.832. The molecule has 1 aliphatic carbocycles. The molecule has 0 spiro atoms. The molecule has 0 aromatic carbocycles. The zero-order valence-corrected chi connectivity index (χ0v) is 13.1. The van der Waals surface area contributed by atoms with Crippen molar-refractivity contribution in [3.63, 3.8) is 0 Å². The number of carbonyl (C=O) groups is 1. The van der Waals surface area contributed by atoms with Gasteiger partial charge in [-0.05, 0) is 43.2 Å². The van der Waals surface area contributed by atoms with Gasteiger partial charge in [0.1, 0.15) is 5.82 Å². The summed E-state index contributed by atoms with van der Waals surface area (Å²) in [5.41, 5.74) is 1.14. The Balaban J connectivity index is 1.93. The van der Waals surface area contributed by atoms with Gasteiger partial charge in [0.15, 0.2) is 0 Å². The standard InChI is InChI=1S/C17H26N2O2/c1-3-12-5-7-13(8-6-12)11-18-16-10-14(17(20)21)9-15(4-2)19-16/h9-10,12-13H,3-8,11H2,1-2H3,(H,18,19)(H,20,21). The van der Waals surface area contributed by atoms with Gasteiger partial charge in [-0.3, -0.25) is 0 Å². The molecule has 1 saturated carbocycles. The monoisotopic (exact) mass is 290 g/mol. The molecule has 0 aliphatic heterocycles. The lowest BCUT2D eigenvalue weighted by Crippen LogP contribution is -2.21. The summed E-state index contributed by atoms with van der Waals surface area (Å²) in [6.45, 7) is 5.16. The van der Waals surface area contributed by atoms with E-state index in [4.69, 9.17) is 5.11 Å². The molecule has 2 rings (SSSR count). The van der Waals surface area contributed by atoms with E-state index in [-0.39, 0.29) is 0 Å². The first-order valence-electron chi connectivity index (χ1n) is 8.10. The second kappa shape index (κ2) is 7.43. The van der Waals surface area contributed by atoms with E-state index >= 15 is 0 Å². The van der Waals surface area contributed by atoms with E-state index in [0.29, 0.717) is 17.3 Å².